The molecule has 4 N–H and O–H groups in total. The van der Waals surface area contributed by atoms with E-state index in [9.17, 15) is 9.59 Å². The average Bonchev–Trinajstić information content (AvgIpc) is 2.53. The average molecular weight is 216 g/mol. The van der Waals surface area contributed by atoms with Crippen LogP contribution in [-0.2, 0) is 9.59 Å². The Kier molecular flexibility index (Phi) is 5.72. The van der Waals surface area contributed by atoms with E-state index in [1.165, 1.54) is 0 Å². The van der Waals surface area contributed by atoms with E-state index < -0.39 is 11.9 Å². The van der Waals surface area contributed by atoms with E-state index >= 15 is 0 Å². The van der Waals surface area contributed by atoms with Crippen LogP contribution in [0, 0.1) is 4.77 Å². The first-order valence-corrected chi connectivity index (χ1v) is 3.79. The van der Waals surface area contributed by atoms with Gasteiger partial charge in [0.05, 0.1) is 0 Å². The van der Waals surface area contributed by atoms with Gasteiger partial charge in [-0.3, -0.25) is 0 Å². The fourth-order valence-electron chi connectivity index (χ4n) is 0.419. The van der Waals surface area contributed by atoms with Crippen LogP contribution in [0.5, 0.6) is 0 Å². The first kappa shape index (κ1) is 12.1. The maximum absolute atomic E-state index is 9.55. The van der Waals surface area contributed by atoms with Gasteiger partial charge in [-0.25, -0.2) is 9.59 Å². The normalized spacial score (nSPS) is 9.14. The Hall–Kier alpha value is -1.89. The molecule has 14 heavy (non-hydrogen) atoms. The van der Waals surface area contributed by atoms with Crippen LogP contribution in [0.4, 0.5) is 0 Å². The number of aliphatic carboxylic acids is 2. The van der Waals surface area contributed by atoms with Crippen LogP contribution in [0.3, 0.4) is 0 Å². The molecule has 0 radical (unpaired) electrons. The van der Waals surface area contributed by atoms with Gasteiger partial charge in [-0.15, -0.1) is 0 Å². The highest BCUT2D eigenvalue weighted by Gasteiger charge is 1.88. The van der Waals surface area contributed by atoms with E-state index in [4.69, 9.17) is 10.2 Å². The second kappa shape index (κ2) is 6.61. The summed E-state index contributed by atoms with van der Waals surface area (Å²) in [5.74, 6) is -2.51. The van der Waals surface area contributed by atoms with Crippen molar-refractivity contribution >= 4 is 24.2 Å². The van der Waals surface area contributed by atoms with Gasteiger partial charge < -0.3 is 20.2 Å². The molecule has 1 aromatic heterocycles. The number of carboxylic acid groups (broad SMARTS) is 2. The lowest BCUT2D eigenvalue weighted by molar-refractivity contribution is -0.134. The second-order valence-corrected chi connectivity index (χ2v) is 2.37. The quantitative estimate of drug-likeness (QED) is 0.432. The maximum atomic E-state index is 9.55. The van der Waals surface area contributed by atoms with Crippen molar-refractivity contribution in [2.24, 2.45) is 0 Å². The summed E-state index contributed by atoms with van der Waals surface area (Å²) in [5, 5.41) is 15.6. The fourth-order valence-corrected chi connectivity index (χ4v) is 0.555. The van der Waals surface area contributed by atoms with Crippen LogP contribution in [0.2, 0.25) is 0 Å². The first-order chi connectivity index (χ1) is 6.52. The molecule has 0 spiro atoms. The Bertz CT molecular complexity index is 346. The zero-order valence-electron chi connectivity index (χ0n) is 6.93. The number of H-pyrrole nitrogens is 2. The van der Waals surface area contributed by atoms with Gasteiger partial charge in [0, 0.05) is 24.5 Å². The lowest BCUT2D eigenvalue weighted by Gasteiger charge is -1.74. The Morgan fingerprint density at radius 2 is 1.50 bits per heavy atom. The molecule has 1 aromatic rings. The van der Waals surface area contributed by atoms with Crippen molar-refractivity contribution in [2.75, 3.05) is 0 Å². The highest BCUT2D eigenvalue weighted by atomic mass is 32.1. The molecule has 0 unspecified atom stereocenters. The molecule has 76 valence electrons. The third kappa shape index (κ3) is 8.21. The van der Waals surface area contributed by atoms with Crippen LogP contribution in [-0.4, -0.2) is 32.1 Å². The molecule has 0 aliphatic rings. The molecule has 0 fully saturated rings. The van der Waals surface area contributed by atoms with Crippen molar-refractivity contribution in [1.82, 2.24) is 9.97 Å². The molecule has 0 aromatic carbocycles. The number of nitrogens with one attached hydrogen (secondary N) is 2. The molecule has 1 heterocycles. The molecule has 0 saturated heterocycles. The van der Waals surface area contributed by atoms with Crippen LogP contribution >= 0.6 is 12.2 Å². The predicted octanol–water partition coefficient (Wildman–Crippen LogP) is 0.784. The van der Waals surface area contributed by atoms with Crippen molar-refractivity contribution in [3.8, 4) is 0 Å². The Morgan fingerprint density at radius 1 is 1.14 bits per heavy atom. The van der Waals surface area contributed by atoms with Crippen molar-refractivity contribution < 1.29 is 19.8 Å². The van der Waals surface area contributed by atoms with Crippen LogP contribution < -0.4 is 0 Å². The molecule has 7 heteroatoms. The Morgan fingerprint density at radius 3 is 1.64 bits per heavy atom. The maximum Gasteiger partial charge on any atom is 0.328 e. The van der Waals surface area contributed by atoms with Crippen molar-refractivity contribution in [3.63, 3.8) is 0 Å². The smallest absolute Gasteiger partial charge is 0.328 e. The molecular formula is C7H8N2O4S. The van der Waals surface area contributed by atoms with E-state index in [-0.39, 0.29) is 0 Å². The standard InChI is InChI=1S/C4H4O4.C3H4N2S/c5-3(6)1-2-4(7)8;6-3-4-1-2-5-3/h1-2H,(H,5,6)(H,7,8);1-2H,(H2,4,5,6). The topological polar surface area (TPSA) is 106 Å². The molecule has 0 aliphatic heterocycles. The van der Waals surface area contributed by atoms with E-state index in [1.807, 2.05) is 0 Å². The number of aromatic amines is 2. The number of aromatic nitrogens is 2. The van der Waals surface area contributed by atoms with Gasteiger partial charge in [0.2, 0.25) is 0 Å². The van der Waals surface area contributed by atoms with Crippen LogP contribution in [0.25, 0.3) is 0 Å². The summed E-state index contributed by atoms with van der Waals surface area (Å²) in [6, 6.07) is 0. The highest BCUT2D eigenvalue weighted by Crippen LogP contribution is 1.72. The van der Waals surface area contributed by atoms with Crippen molar-refractivity contribution in [3.05, 3.63) is 29.3 Å². The molecule has 0 amide bonds. The predicted molar refractivity (Wildman–Crippen MR) is 50.4 cm³/mol. The summed E-state index contributed by atoms with van der Waals surface area (Å²) in [5.41, 5.74) is 0. The van der Waals surface area contributed by atoms with Gasteiger partial charge in [0.15, 0.2) is 4.77 Å². The number of rotatable bonds is 2. The number of hydrogen-bond acceptors (Lipinski definition) is 3. The lowest BCUT2D eigenvalue weighted by Crippen LogP contribution is -1.91. The number of imidazole rings is 1. The third-order valence-corrected chi connectivity index (χ3v) is 1.12. The summed E-state index contributed by atoms with van der Waals surface area (Å²) >= 11 is 4.63. The molecule has 6 nitrogen and oxygen atoms in total. The molecule has 0 aliphatic carbocycles. The van der Waals surface area contributed by atoms with E-state index in [1.54, 1.807) is 12.4 Å². The van der Waals surface area contributed by atoms with Crippen molar-refractivity contribution in [2.45, 2.75) is 0 Å². The fraction of sp³-hybridized carbons (Fsp3) is 0. The molecular weight excluding hydrogens is 208 g/mol. The number of carboxylic acids is 2. The first-order valence-electron chi connectivity index (χ1n) is 3.38. The van der Waals surface area contributed by atoms with Gasteiger partial charge >= 0.3 is 11.9 Å². The molecule has 0 saturated carbocycles. The van der Waals surface area contributed by atoms with Gasteiger partial charge in [-0.1, -0.05) is 0 Å². The van der Waals surface area contributed by atoms with E-state index in [0.29, 0.717) is 16.9 Å². The van der Waals surface area contributed by atoms with Gasteiger partial charge in [0.1, 0.15) is 0 Å². The number of hydrogen-bond donors (Lipinski definition) is 4. The SMILES string of the molecule is O=C(O)C=CC(=O)O.S=c1[nH]cc[nH]1. The zero-order chi connectivity index (χ0) is 11.0. The highest BCUT2D eigenvalue weighted by molar-refractivity contribution is 7.71. The second-order valence-electron chi connectivity index (χ2n) is 1.96. The summed E-state index contributed by atoms with van der Waals surface area (Å²) in [6.45, 7) is 0. The zero-order valence-corrected chi connectivity index (χ0v) is 7.75. The minimum absolute atomic E-state index is 0.558. The lowest BCUT2D eigenvalue weighted by atomic mass is 10.5. The minimum Gasteiger partial charge on any atom is -0.478 e. The largest absolute Gasteiger partial charge is 0.478 e. The summed E-state index contributed by atoms with van der Waals surface area (Å²) in [6.07, 6.45) is 4.62. The summed E-state index contributed by atoms with van der Waals surface area (Å²) in [4.78, 5) is 24.6. The Balaban J connectivity index is 0.000000249. The molecule has 0 atom stereocenters. The van der Waals surface area contributed by atoms with Crippen LogP contribution in [0.15, 0.2) is 24.5 Å². The third-order valence-electron chi connectivity index (χ3n) is 0.881. The number of carbonyl (C=O) groups is 2. The molecule has 0 bridgehead atoms. The van der Waals surface area contributed by atoms with E-state index in [0.717, 1.165) is 0 Å². The van der Waals surface area contributed by atoms with Gasteiger partial charge in [-0.05, 0) is 12.2 Å². The van der Waals surface area contributed by atoms with E-state index in [2.05, 4.69) is 22.2 Å². The summed E-state index contributed by atoms with van der Waals surface area (Å²) in [7, 11) is 0. The summed E-state index contributed by atoms with van der Waals surface area (Å²) < 4.78 is 0.676. The van der Waals surface area contributed by atoms with Crippen molar-refractivity contribution in [1.29, 1.82) is 0 Å². The van der Waals surface area contributed by atoms with Gasteiger partial charge in [-0.2, -0.15) is 0 Å². The van der Waals surface area contributed by atoms with Crippen LogP contribution in [0.1, 0.15) is 0 Å². The Labute approximate surface area is 83.9 Å². The van der Waals surface area contributed by atoms with Gasteiger partial charge in [0.25, 0.3) is 0 Å². The molecule has 1 rings (SSSR count). The monoisotopic (exact) mass is 216 g/mol. The minimum atomic E-state index is -1.26.